The first kappa shape index (κ1) is 13.4. The Hall–Kier alpha value is -1.99. The molecule has 1 aromatic heterocycles. The molecular weight excluding hydrogens is 276 g/mol. The van der Waals surface area contributed by atoms with E-state index in [0.717, 1.165) is 18.4 Å². The van der Waals surface area contributed by atoms with Crippen molar-refractivity contribution in [2.24, 2.45) is 0 Å². The first-order chi connectivity index (χ1) is 8.71. The third kappa shape index (κ3) is 2.56. The van der Waals surface area contributed by atoms with E-state index in [2.05, 4.69) is 9.40 Å². The minimum atomic E-state index is -5.17. The highest BCUT2D eigenvalue weighted by Crippen LogP contribution is 2.44. The predicted octanol–water partition coefficient (Wildman–Crippen LogP) is 4.18. The molecule has 19 heavy (non-hydrogen) atoms. The molecule has 1 radical (unpaired) electrons. The van der Waals surface area contributed by atoms with Crippen molar-refractivity contribution in [1.29, 1.82) is 0 Å². The number of rotatable bonds is 1. The van der Waals surface area contributed by atoms with Gasteiger partial charge < -0.3 is 4.42 Å². The van der Waals surface area contributed by atoms with Gasteiger partial charge in [0.2, 0.25) is 0 Å². The quantitative estimate of drug-likeness (QED) is 0.732. The SMILES string of the molecule is FC(F)(F)c1cccc(-c2co[c]n2)c1C(F)(F)F. The van der Waals surface area contributed by atoms with Gasteiger partial charge in [0, 0.05) is 5.56 Å². The zero-order chi connectivity index (χ0) is 14.3. The molecule has 0 aliphatic carbocycles. The second kappa shape index (κ2) is 4.29. The van der Waals surface area contributed by atoms with Crippen molar-refractivity contribution in [2.45, 2.75) is 12.4 Å². The van der Waals surface area contributed by atoms with E-state index in [9.17, 15) is 26.3 Å². The maximum atomic E-state index is 12.9. The maximum Gasteiger partial charge on any atom is 0.417 e. The highest BCUT2D eigenvalue weighted by Gasteiger charge is 2.45. The molecule has 1 heterocycles. The minimum Gasteiger partial charge on any atom is -0.440 e. The van der Waals surface area contributed by atoms with Crippen molar-refractivity contribution in [3.63, 3.8) is 0 Å². The molecule has 2 aromatic rings. The van der Waals surface area contributed by atoms with Gasteiger partial charge in [0.15, 0.2) is 0 Å². The van der Waals surface area contributed by atoms with Crippen molar-refractivity contribution in [1.82, 2.24) is 4.98 Å². The lowest BCUT2D eigenvalue weighted by atomic mass is 9.98. The number of nitrogens with zero attached hydrogens (tertiary/aromatic N) is 1. The van der Waals surface area contributed by atoms with Crippen molar-refractivity contribution in [3.8, 4) is 11.3 Å². The van der Waals surface area contributed by atoms with Gasteiger partial charge in [-0.15, -0.1) is 0 Å². The molecule has 0 atom stereocenters. The highest BCUT2D eigenvalue weighted by molar-refractivity contribution is 5.65. The number of hydrogen-bond donors (Lipinski definition) is 0. The van der Waals surface area contributed by atoms with Crippen LogP contribution in [0.1, 0.15) is 11.1 Å². The van der Waals surface area contributed by atoms with Crippen LogP contribution in [-0.4, -0.2) is 4.98 Å². The Morgan fingerprint density at radius 1 is 1.00 bits per heavy atom. The van der Waals surface area contributed by atoms with Crippen LogP contribution in [0, 0.1) is 6.39 Å². The standard InChI is InChI=1S/C11H4F6NO/c12-10(13,14)7-3-1-2-6(8-4-19-5-18-8)9(7)11(15,16)17/h1-4H. The van der Waals surface area contributed by atoms with E-state index in [-0.39, 0.29) is 5.69 Å². The van der Waals surface area contributed by atoms with E-state index in [4.69, 9.17) is 0 Å². The summed E-state index contributed by atoms with van der Waals surface area (Å²) in [6, 6.07) is 2.14. The van der Waals surface area contributed by atoms with Crippen molar-refractivity contribution in [3.05, 3.63) is 42.0 Å². The Kier molecular flexibility index (Phi) is 3.03. The van der Waals surface area contributed by atoms with Gasteiger partial charge in [0.25, 0.3) is 6.39 Å². The number of halogens is 6. The predicted molar refractivity (Wildman–Crippen MR) is 50.8 cm³/mol. The minimum absolute atomic E-state index is 0.363. The van der Waals surface area contributed by atoms with Gasteiger partial charge in [0.1, 0.15) is 12.0 Å². The Balaban J connectivity index is 2.76. The Bertz CT molecular complexity index is 570. The monoisotopic (exact) mass is 280 g/mol. The topological polar surface area (TPSA) is 26.0 Å². The van der Waals surface area contributed by atoms with Crippen LogP contribution in [0.2, 0.25) is 0 Å². The molecule has 0 aliphatic rings. The lowest BCUT2D eigenvalue weighted by Gasteiger charge is -2.17. The van der Waals surface area contributed by atoms with Gasteiger partial charge in [0.05, 0.1) is 11.1 Å². The van der Waals surface area contributed by atoms with Crippen LogP contribution < -0.4 is 0 Å². The molecular formula is C11H4F6NO. The van der Waals surface area contributed by atoms with Crippen LogP contribution in [0.3, 0.4) is 0 Å². The number of benzene rings is 1. The second-order valence-electron chi connectivity index (χ2n) is 3.55. The molecule has 101 valence electrons. The lowest BCUT2D eigenvalue weighted by molar-refractivity contribution is -0.161. The third-order valence-corrected chi connectivity index (χ3v) is 2.32. The maximum absolute atomic E-state index is 12.9. The van der Waals surface area contributed by atoms with Crippen LogP contribution >= 0.6 is 0 Å². The largest absolute Gasteiger partial charge is 0.440 e. The van der Waals surface area contributed by atoms with Crippen molar-refractivity contribution >= 4 is 0 Å². The molecule has 1 aromatic carbocycles. The summed E-state index contributed by atoms with van der Waals surface area (Å²) in [7, 11) is 0. The summed E-state index contributed by atoms with van der Waals surface area (Å²) in [5, 5.41) is 0. The average molecular weight is 280 g/mol. The van der Waals surface area contributed by atoms with Crippen molar-refractivity contribution < 1.29 is 30.8 Å². The summed E-state index contributed by atoms with van der Waals surface area (Å²) in [6.07, 6.45) is -7.60. The summed E-state index contributed by atoms with van der Waals surface area (Å²) < 4.78 is 80.9. The van der Waals surface area contributed by atoms with Gasteiger partial charge in [-0.3, -0.25) is 0 Å². The van der Waals surface area contributed by atoms with E-state index in [1.807, 2.05) is 6.39 Å². The van der Waals surface area contributed by atoms with Gasteiger partial charge in [-0.1, -0.05) is 12.1 Å². The fraction of sp³-hybridized carbons (Fsp3) is 0.182. The van der Waals surface area contributed by atoms with Crippen LogP contribution in [0.5, 0.6) is 0 Å². The van der Waals surface area contributed by atoms with Crippen molar-refractivity contribution in [2.75, 3.05) is 0 Å². The Morgan fingerprint density at radius 2 is 1.68 bits per heavy atom. The molecule has 2 nitrogen and oxygen atoms in total. The van der Waals surface area contributed by atoms with E-state index in [1.54, 1.807) is 0 Å². The molecule has 0 saturated heterocycles. The van der Waals surface area contributed by atoms with Crippen LogP contribution in [-0.2, 0) is 12.4 Å². The molecule has 0 spiro atoms. The van der Waals surface area contributed by atoms with Gasteiger partial charge in [-0.25, -0.2) is 4.98 Å². The van der Waals surface area contributed by atoms with E-state index >= 15 is 0 Å². The average Bonchev–Trinajstić information content (AvgIpc) is 2.79. The zero-order valence-electron chi connectivity index (χ0n) is 8.93. The van der Waals surface area contributed by atoms with E-state index in [1.165, 1.54) is 0 Å². The molecule has 0 bridgehead atoms. The van der Waals surface area contributed by atoms with Gasteiger partial charge >= 0.3 is 12.4 Å². The molecule has 2 rings (SSSR count). The smallest absolute Gasteiger partial charge is 0.417 e. The fourth-order valence-corrected chi connectivity index (χ4v) is 1.62. The Morgan fingerprint density at radius 3 is 2.16 bits per heavy atom. The van der Waals surface area contributed by atoms with Gasteiger partial charge in [-0.05, 0) is 6.07 Å². The normalized spacial score (nSPS) is 12.7. The summed E-state index contributed by atoms with van der Waals surface area (Å²) in [6.45, 7) is 0. The second-order valence-corrected chi connectivity index (χ2v) is 3.55. The number of oxazole rings is 1. The van der Waals surface area contributed by atoms with Gasteiger partial charge in [-0.2, -0.15) is 26.3 Å². The fourth-order valence-electron chi connectivity index (χ4n) is 1.62. The van der Waals surface area contributed by atoms with Crippen LogP contribution in [0.15, 0.2) is 28.9 Å². The Labute approximate surface area is 102 Å². The lowest BCUT2D eigenvalue weighted by Crippen LogP contribution is -2.17. The first-order valence-corrected chi connectivity index (χ1v) is 4.80. The number of hydrogen-bond acceptors (Lipinski definition) is 2. The molecule has 0 N–H and O–H groups in total. The summed E-state index contributed by atoms with van der Waals surface area (Å²) in [4.78, 5) is 3.32. The molecule has 0 unspecified atom stereocenters. The van der Waals surface area contributed by atoms with E-state index in [0.29, 0.717) is 6.07 Å². The number of aromatic nitrogens is 1. The highest BCUT2D eigenvalue weighted by atomic mass is 19.4. The summed E-state index contributed by atoms with van der Waals surface area (Å²) in [5.74, 6) is 0. The summed E-state index contributed by atoms with van der Waals surface area (Å²) in [5.41, 5.74) is -4.61. The molecule has 0 saturated carbocycles. The zero-order valence-corrected chi connectivity index (χ0v) is 8.93. The number of alkyl halides is 6. The molecule has 0 fully saturated rings. The van der Waals surface area contributed by atoms with Crippen LogP contribution in [0.25, 0.3) is 11.3 Å². The summed E-state index contributed by atoms with van der Waals surface area (Å²) >= 11 is 0. The molecule has 8 heteroatoms. The molecule has 0 amide bonds. The third-order valence-electron chi connectivity index (χ3n) is 2.32. The van der Waals surface area contributed by atoms with E-state index < -0.39 is 29.0 Å². The first-order valence-electron chi connectivity index (χ1n) is 4.80. The van der Waals surface area contributed by atoms with Crippen LogP contribution in [0.4, 0.5) is 26.3 Å². The molecule has 0 aliphatic heterocycles.